The molecule has 2 saturated heterocycles. The number of nitrogens with zero attached hydrogens (tertiary/aromatic N) is 4. The second-order valence-electron chi connectivity index (χ2n) is 6.43. The number of nitrogens with one attached hydrogen (secondary N) is 1. The molecule has 6 heteroatoms. The summed E-state index contributed by atoms with van der Waals surface area (Å²) >= 11 is 0. The topological polar surface area (TPSA) is 63.2 Å². The molecule has 2 aromatic rings. The number of pyridine rings is 1. The molecule has 23 heavy (non-hydrogen) atoms. The zero-order chi connectivity index (χ0) is 15.5. The van der Waals surface area contributed by atoms with E-state index in [9.17, 15) is 0 Å². The SMILES string of the molecule is c1cnc(NC2COC3(CCN(Cc4ccncc4)C3)C2)nc1. The highest BCUT2D eigenvalue weighted by atomic mass is 16.5. The van der Waals surface area contributed by atoms with E-state index in [1.54, 1.807) is 12.4 Å². The van der Waals surface area contributed by atoms with Crippen LogP contribution in [0, 0.1) is 0 Å². The lowest BCUT2D eigenvalue weighted by molar-refractivity contribution is 0.0120. The van der Waals surface area contributed by atoms with Crippen molar-refractivity contribution in [2.24, 2.45) is 0 Å². The Labute approximate surface area is 135 Å². The number of anilines is 1. The first-order valence-electron chi connectivity index (χ1n) is 8.10. The summed E-state index contributed by atoms with van der Waals surface area (Å²) in [5.41, 5.74) is 1.29. The molecular weight excluding hydrogens is 290 g/mol. The Kier molecular flexibility index (Phi) is 3.93. The molecule has 1 spiro atoms. The quantitative estimate of drug-likeness (QED) is 0.927. The Bertz CT molecular complexity index is 578. The second kappa shape index (κ2) is 6.22. The fourth-order valence-electron chi connectivity index (χ4n) is 3.59. The van der Waals surface area contributed by atoms with Crippen molar-refractivity contribution in [2.45, 2.75) is 31.0 Å². The van der Waals surface area contributed by atoms with Crippen LogP contribution in [0.1, 0.15) is 18.4 Å². The molecule has 2 aliphatic rings. The summed E-state index contributed by atoms with van der Waals surface area (Å²) in [6, 6.07) is 6.28. The van der Waals surface area contributed by atoms with E-state index in [-0.39, 0.29) is 5.60 Å². The van der Waals surface area contributed by atoms with Gasteiger partial charge in [-0.1, -0.05) is 0 Å². The summed E-state index contributed by atoms with van der Waals surface area (Å²) in [5.74, 6) is 0.685. The van der Waals surface area contributed by atoms with Gasteiger partial charge in [-0.25, -0.2) is 9.97 Å². The fraction of sp³-hybridized carbons (Fsp3) is 0.471. The van der Waals surface area contributed by atoms with Gasteiger partial charge in [0.1, 0.15) is 0 Å². The number of aromatic nitrogens is 3. The van der Waals surface area contributed by atoms with E-state index < -0.39 is 0 Å². The number of hydrogen-bond donors (Lipinski definition) is 1. The van der Waals surface area contributed by atoms with Gasteiger partial charge in [0, 0.05) is 50.8 Å². The number of hydrogen-bond acceptors (Lipinski definition) is 6. The minimum atomic E-state index is -0.0144. The van der Waals surface area contributed by atoms with E-state index in [4.69, 9.17) is 4.74 Å². The van der Waals surface area contributed by atoms with Crippen LogP contribution in [0.15, 0.2) is 43.0 Å². The van der Waals surface area contributed by atoms with Crippen molar-refractivity contribution in [1.29, 1.82) is 0 Å². The van der Waals surface area contributed by atoms with Crippen LogP contribution in [0.4, 0.5) is 5.95 Å². The lowest BCUT2D eigenvalue weighted by atomic mass is 9.97. The number of rotatable bonds is 4. The summed E-state index contributed by atoms with van der Waals surface area (Å²) in [7, 11) is 0. The van der Waals surface area contributed by atoms with Crippen LogP contribution in [-0.2, 0) is 11.3 Å². The van der Waals surface area contributed by atoms with Crippen LogP contribution in [0.2, 0.25) is 0 Å². The Hall–Kier alpha value is -2.05. The molecule has 4 heterocycles. The highest BCUT2D eigenvalue weighted by Gasteiger charge is 2.45. The molecule has 4 rings (SSSR count). The molecule has 2 aliphatic heterocycles. The molecule has 120 valence electrons. The molecule has 0 aromatic carbocycles. The Balaban J connectivity index is 1.34. The highest BCUT2D eigenvalue weighted by molar-refractivity contribution is 5.25. The van der Waals surface area contributed by atoms with Crippen molar-refractivity contribution in [3.05, 3.63) is 48.5 Å². The predicted octanol–water partition coefficient (Wildman–Crippen LogP) is 1.72. The lowest BCUT2D eigenvalue weighted by Gasteiger charge is -2.23. The third kappa shape index (κ3) is 3.33. The van der Waals surface area contributed by atoms with Crippen molar-refractivity contribution in [3.63, 3.8) is 0 Å². The van der Waals surface area contributed by atoms with Crippen molar-refractivity contribution < 1.29 is 4.74 Å². The smallest absolute Gasteiger partial charge is 0.222 e. The molecule has 0 aliphatic carbocycles. The predicted molar refractivity (Wildman–Crippen MR) is 86.9 cm³/mol. The average Bonchev–Trinajstić information content (AvgIpc) is 3.16. The zero-order valence-electron chi connectivity index (χ0n) is 13.1. The Morgan fingerprint density at radius 1 is 1.22 bits per heavy atom. The third-order valence-electron chi connectivity index (χ3n) is 4.66. The molecule has 0 radical (unpaired) electrons. The van der Waals surface area contributed by atoms with Crippen molar-refractivity contribution in [3.8, 4) is 0 Å². The lowest BCUT2D eigenvalue weighted by Crippen LogP contribution is -2.33. The highest BCUT2D eigenvalue weighted by Crippen LogP contribution is 2.36. The summed E-state index contributed by atoms with van der Waals surface area (Å²) in [4.78, 5) is 15.0. The number of likely N-dealkylation sites (tertiary alicyclic amines) is 1. The maximum absolute atomic E-state index is 6.18. The van der Waals surface area contributed by atoms with Gasteiger partial charge in [0.15, 0.2) is 0 Å². The van der Waals surface area contributed by atoms with Gasteiger partial charge in [0.2, 0.25) is 5.95 Å². The average molecular weight is 311 g/mol. The van der Waals surface area contributed by atoms with Gasteiger partial charge < -0.3 is 10.1 Å². The standard InChI is InChI=1S/C17H21N5O/c1-5-19-16(20-6-1)21-15-10-17(23-12-15)4-9-22(13-17)11-14-2-7-18-8-3-14/h1-3,5-8,15H,4,9-13H2,(H,19,20,21). The third-order valence-corrected chi connectivity index (χ3v) is 4.66. The van der Waals surface area contributed by atoms with Gasteiger partial charge in [0.05, 0.1) is 18.2 Å². The normalized spacial score (nSPS) is 27.6. The molecule has 6 nitrogen and oxygen atoms in total. The van der Waals surface area contributed by atoms with E-state index in [1.807, 2.05) is 18.5 Å². The molecule has 0 bridgehead atoms. The molecule has 2 fully saturated rings. The van der Waals surface area contributed by atoms with Gasteiger partial charge in [-0.3, -0.25) is 9.88 Å². The first-order valence-corrected chi connectivity index (χ1v) is 8.10. The van der Waals surface area contributed by atoms with Gasteiger partial charge in [-0.15, -0.1) is 0 Å². The summed E-state index contributed by atoms with van der Waals surface area (Å²) in [6.07, 6.45) is 9.32. The van der Waals surface area contributed by atoms with Crippen LogP contribution in [0.25, 0.3) is 0 Å². The molecular formula is C17H21N5O. The van der Waals surface area contributed by atoms with E-state index in [1.165, 1.54) is 5.56 Å². The van der Waals surface area contributed by atoms with Crippen molar-refractivity contribution in [1.82, 2.24) is 19.9 Å². The minimum Gasteiger partial charge on any atom is -0.371 e. The first-order chi connectivity index (χ1) is 11.3. The molecule has 2 aromatic heterocycles. The monoisotopic (exact) mass is 311 g/mol. The molecule has 0 amide bonds. The maximum Gasteiger partial charge on any atom is 0.222 e. The van der Waals surface area contributed by atoms with Crippen LogP contribution >= 0.6 is 0 Å². The summed E-state index contributed by atoms with van der Waals surface area (Å²) < 4.78 is 6.18. The van der Waals surface area contributed by atoms with Crippen LogP contribution in [0.3, 0.4) is 0 Å². The first kappa shape index (κ1) is 14.5. The summed E-state index contributed by atoms with van der Waals surface area (Å²) in [6.45, 7) is 3.76. The molecule has 2 atom stereocenters. The zero-order valence-corrected chi connectivity index (χ0v) is 13.1. The fourth-order valence-corrected chi connectivity index (χ4v) is 3.59. The number of ether oxygens (including phenoxy) is 1. The molecule has 1 N–H and O–H groups in total. The molecule has 2 unspecified atom stereocenters. The van der Waals surface area contributed by atoms with Gasteiger partial charge in [-0.2, -0.15) is 0 Å². The maximum atomic E-state index is 6.18. The van der Waals surface area contributed by atoms with E-state index in [2.05, 4.69) is 37.3 Å². The van der Waals surface area contributed by atoms with E-state index in [0.717, 1.165) is 39.1 Å². The largest absolute Gasteiger partial charge is 0.371 e. The van der Waals surface area contributed by atoms with Crippen LogP contribution < -0.4 is 5.32 Å². The van der Waals surface area contributed by atoms with Crippen LogP contribution in [-0.4, -0.2) is 51.2 Å². The Morgan fingerprint density at radius 3 is 2.87 bits per heavy atom. The van der Waals surface area contributed by atoms with E-state index in [0.29, 0.717) is 12.0 Å². The van der Waals surface area contributed by atoms with E-state index >= 15 is 0 Å². The minimum absolute atomic E-state index is 0.0144. The van der Waals surface area contributed by atoms with Gasteiger partial charge in [-0.05, 0) is 30.2 Å². The summed E-state index contributed by atoms with van der Waals surface area (Å²) in [5, 5.41) is 3.38. The molecule has 0 saturated carbocycles. The van der Waals surface area contributed by atoms with Crippen molar-refractivity contribution in [2.75, 3.05) is 25.0 Å². The van der Waals surface area contributed by atoms with Gasteiger partial charge >= 0.3 is 0 Å². The Morgan fingerprint density at radius 2 is 2.04 bits per heavy atom. The van der Waals surface area contributed by atoms with Crippen molar-refractivity contribution >= 4 is 5.95 Å². The van der Waals surface area contributed by atoms with Crippen LogP contribution in [0.5, 0.6) is 0 Å². The second-order valence-corrected chi connectivity index (χ2v) is 6.43. The van der Waals surface area contributed by atoms with Gasteiger partial charge in [0.25, 0.3) is 0 Å².